The number of piperidine rings is 1. The van der Waals surface area contributed by atoms with Crippen molar-refractivity contribution in [3.8, 4) is 17.1 Å². The number of amides is 1. The summed E-state index contributed by atoms with van der Waals surface area (Å²) in [6.07, 6.45) is 6.73. The van der Waals surface area contributed by atoms with Crippen LogP contribution >= 0.6 is 0 Å². The molecule has 0 aliphatic carbocycles. The van der Waals surface area contributed by atoms with Gasteiger partial charge in [0.1, 0.15) is 5.75 Å². The molecule has 3 heterocycles. The first-order chi connectivity index (χ1) is 15.1. The van der Waals surface area contributed by atoms with Gasteiger partial charge in [0.15, 0.2) is 11.5 Å². The molecule has 5 N–H and O–H groups in total. The van der Waals surface area contributed by atoms with Crippen LogP contribution in [0.15, 0.2) is 48.9 Å². The van der Waals surface area contributed by atoms with Crippen LogP contribution in [0.2, 0.25) is 0 Å². The third kappa shape index (κ3) is 4.41. The minimum absolute atomic E-state index is 0.0843. The maximum absolute atomic E-state index is 13.1. The summed E-state index contributed by atoms with van der Waals surface area (Å²) in [7, 11) is 1.57. The molecule has 31 heavy (non-hydrogen) atoms. The molecule has 2 aromatic heterocycles. The summed E-state index contributed by atoms with van der Waals surface area (Å²) < 4.78 is 5.38. The lowest BCUT2D eigenvalue weighted by Gasteiger charge is -2.33. The number of hydrogen-bond acceptors (Lipinski definition) is 8. The van der Waals surface area contributed by atoms with Crippen LogP contribution in [0.3, 0.4) is 0 Å². The van der Waals surface area contributed by atoms with Crippen LogP contribution in [0.25, 0.3) is 11.4 Å². The zero-order valence-corrected chi connectivity index (χ0v) is 17.3. The molecule has 3 aromatic rings. The highest BCUT2D eigenvalue weighted by atomic mass is 16.5. The van der Waals surface area contributed by atoms with Gasteiger partial charge in [-0.05, 0) is 31.0 Å². The van der Waals surface area contributed by atoms with Gasteiger partial charge in [-0.15, -0.1) is 0 Å². The summed E-state index contributed by atoms with van der Waals surface area (Å²) in [6.45, 7) is 1.59. The normalized spacial score (nSPS) is 16.1. The second-order valence-electron chi connectivity index (χ2n) is 7.39. The van der Waals surface area contributed by atoms with Crippen molar-refractivity contribution in [3.63, 3.8) is 0 Å². The van der Waals surface area contributed by atoms with Gasteiger partial charge in [-0.3, -0.25) is 9.78 Å². The van der Waals surface area contributed by atoms with Crippen molar-refractivity contribution in [2.75, 3.05) is 36.1 Å². The zero-order valence-electron chi connectivity index (χ0n) is 17.3. The predicted octanol–water partition coefficient (Wildman–Crippen LogP) is 2.31. The first kappa shape index (κ1) is 20.5. The van der Waals surface area contributed by atoms with Gasteiger partial charge in [-0.25, -0.2) is 9.97 Å². The Kier molecular flexibility index (Phi) is 5.94. The fourth-order valence-electron chi connectivity index (χ4n) is 3.70. The molecule has 1 amide bonds. The number of nitrogen functional groups attached to an aromatic ring is 1. The number of rotatable bonds is 5. The Morgan fingerprint density at radius 1 is 1.26 bits per heavy atom. The fourth-order valence-corrected chi connectivity index (χ4v) is 3.70. The minimum Gasteiger partial charge on any atom is -0.496 e. The molecule has 0 radical (unpaired) electrons. The number of pyridine rings is 1. The Bertz CT molecular complexity index is 1090. The van der Waals surface area contributed by atoms with E-state index >= 15 is 0 Å². The number of para-hydroxylation sites is 1. The van der Waals surface area contributed by atoms with Crippen molar-refractivity contribution in [2.24, 2.45) is 5.73 Å². The van der Waals surface area contributed by atoms with Gasteiger partial charge in [0, 0.05) is 25.3 Å². The highest BCUT2D eigenvalue weighted by Gasteiger charge is 2.22. The average molecular weight is 419 g/mol. The number of hydrogen-bond donors (Lipinski definition) is 3. The molecule has 9 nitrogen and oxygen atoms in total. The van der Waals surface area contributed by atoms with Gasteiger partial charge in [0.2, 0.25) is 0 Å². The van der Waals surface area contributed by atoms with E-state index in [0.717, 1.165) is 31.6 Å². The van der Waals surface area contributed by atoms with Crippen LogP contribution < -0.4 is 26.4 Å². The van der Waals surface area contributed by atoms with Gasteiger partial charge in [-0.1, -0.05) is 12.1 Å². The van der Waals surface area contributed by atoms with Gasteiger partial charge in [0.25, 0.3) is 5.91 Å². The second-order valence-corrected chi connectivity index (χ2v) is 7.39. The van der Waals surface area contributed by atoms with E-state index in [1.54, 1.807) is 25.6 Å². The van der Waals surface area contributed by atoms with E-state index in [0.29, 0.717) is 22.8 Å². The lowest BCUT2D eigenvalue weighted by molar-refractivity contribution is 0.102. The van der Waals surface area contributed by atoms with E-state index in [2.05, 4.69) is 25.2 Å². The third-order valence-electron chi connectivity index (χ3n) is 5.22. The summed E-state index contributed by atoms with van der Waals surface area (Å²) in [5, 5.41) is 2.90. The first-order valence-electron chi connectivity index (χ1n) is 10.1. The molecule has 1 aliphatic rings. The van der Waals surface area contributed by atoms with Crippen molar-refractivity contribution in [2.45, 2.75) is 18.9 Å². The molecule has 1 aromatic carbocycles. The summed E-state index contributed by atoms with van der Waals surface area (Å²) in [5.74, 6) is 0.520. The van der Waals surface area contributed by atoms with Crippen molar-refractivity contribution in [3.05, 3.63) is 54.6 Å². The molecule has 9 heteroatoms. The highest BCUT2D eigenvalue weighted by molar-refractivity contribution is 6.07. The van der Waals surface area contributed by atoms with E-state index in [9.17, 15) is 4.79 Å². The van der Waals surface area contributed by atoms with Crippen LogP contribution in [0, 0.1) is 0 Å². The number of nitrogens with two attached hydrogens (primary N) is 2. The second kappa shape index (κ2) is 8.97. The smallest absolute Gasteiger partial charge is 0.276 e. The molecular weight excluding hydrogens is 394 g/mol. The Labute approximate surface area is 180 Å². The van der Waals surface area contributed by atoms with E-state index in [1.807, 2.05) is 24.3 Å². The maximum Gasteiger partial charge on any atom is 0.276 e. The van der Waals surface area contributed by atoms with Crippen molar-refractivity contribution >= 4 is 23.0 Å². The first-order valence-corrected chi connectivity index (χ1v) is 10.1. The van der Waals surface area contributed by atoms with Crippen LogP contribution in [0.1, 0.15) is 23.3 Å². The van der Waals surface area contributed by atoms with Crippen LogP contribution in [0.5, 0.6) is 5.75 Å². The number of carbonyl (C=O) groups is 1. The van der Waals surface area contributed by atoms with E-state index < -0.39 is 5.91 Å². The number of benzene rings is 1. The Morgan fingerprint density at radius 3 is 2.90 bits per heavy atom. The van der Waals surface area contributed by atoms with Gasteiger partial charge in [-0.2, -0.15) is 0 Å². The quantitative estimate of drug-likeness (QED) is 0.574. The standard InChI is InChI=1S/C22H25N7O2/c1-31-19-7-3-2-6-15(19)21-26-11-16(24)20(28-21)22(30)27-17-12-25-9-8-18(17)29-10-4-5-14(23)13-29/h2-3,6-9,11-12,14H,4-5,10,13,23-24H2,1H3,(H,27,30)/t14-/m0/s1. The Balaban J connectivity index is 1.63. The summed E-state index contributed by atoms with van der Waals surface area (Å²) in [6, 6.07) is 9.31. The third-order valence-corrected chi connectivity index (χ3v) is 5.22. The number of anilines is 3. The summed E-state index contributed by atoms with van der Waals surface area (Å²) in [5.41, 5.74) is 14.6. The molecule has 0 saturated carbocycles. The number of ether oxygens (including phenoxy) is 1. The molecule has 4 rings (SSSR count). The SMILES string of the molecule is COc1ccccc1-c1ncc(N)c(C(=O)Nc2cnccc2N2CCC[C@H](N)C2)n1. The molecule has 0 spiro atoms. The number of methoxy groups -OCH3 is 1. The van der Waals surface area contributed by atoms with Crippen LogP contribution in [-0.2, 0) is 0 Å². The van der Waals surface area contributed by atoms with Crippen molar-refractivity contribution in [1.29, 1.82) is 0 Å². The van der Waals surface area contributed by atoms with Crippen molar-refractivity contribution in [1.82, 2.24) is 15.0 Å². The maximum atomic E-state index is 13.1. The molecule has 160 valence electrons. The van der Waals surface area contributed by atoms with Gasteiger partial charge >= 0.3 is 0 Å². The largest absolute Gasteiger partial charge is 0.496 e. The molecule has 1 saturated heterocycles. The number of aromatic nitrogens is 3. The van der Waals surface area contributed by atoms with Crippen LogP contribution in [-0.4, -0.2) is 47.1 Å². The van der Waals surface area contributed by atoms with Gasteiger partial charge < -0.3 is 26.4 Å². The lowest BCUT2D eigenvalue weighted by atomic mass is 10.1. The molecule has 0 unspecified atom stereocenters. The zero-order chi connectivity index (χ0) is 21.8. The summed E-state index contributed by atoms with van der Waals surface area (Å²) in [4.78, 5) is 28.1. The van der Waals surface area contributed by atoms with Crippen LogP contribution in [0.4, 0.5) is 17.1 Å². The molecule has 1 fully saturated rings. The minimum atomic E-state index is -0.438. The fraction of sp³-hybridized carbons (Fsp3) is 0.273. The predicted molar refractivity (Wildman–Crippen MR) is 120 cm³/mol. The highest BCUT2D eigenvalue weighted by Crippen LogP contribution is 2.30. The topological polar surface area (TPSA) is 132 Å². The Morgan fingerprint density at radius 2 is 2.10 bits per heavy atom. The molecule has 0 bridgehead atoms. The number of nitrogens with zero attached hydrogens (tertiary/aromatic N) is 4. The van der Waals surface area contributed by atoms with E-state index in [4.69, 9.17) is 16.2 Å². The lowest BCUT2D eigenvalue weighted by Crippen LogP contribution is -2.43. The Hall–Kier alpha value is -3.72. The molecule has 1 atom stereocenters. The van der Waals surface area contributed by atoms with E-state index in [1.165, 1.54) is 6.20 Å². The molecular formula is C22H25N7O2. The number of nitrogens with one attached hydrogen (secondary N) is 1. The van der Waals surface area contributed by atoms with Crippen molar-refractivity contribution < 1.29 is 9.53 Å². The number of carbonyl (C=O) groups excluding carboxylic acids is 1. The average Bonchev–Trinajstić information content (AvgIpc) is 2.79. The summed E-state index contributed by atoms with van der Waals surface area (Å²) >= 11 is 0. The molecule has 1 aliphatic heterocycles. The monoisotopic (exact) mass is 419 g/mol. The van der Waals surface area contributed by atoms with Gasteiger partial charge in [0.05, 0.1) is 42.1 Å². The van der Waals surface area contributed by atoms with E-state index in [-0.39, 0.29) is 17.4 Å².